The second-order valence-corrected chi connectivity index (χ2v) is 4.84. The summed E-state index contributed by atoms with van der Waals surface area (Å²) in [5, 5.41) is 2.47. The van der Waals surface area contributed by atoms with Gasteiger partial charge in [-0.25, -0.2) is 4.39 Å². The number of carbonyl (C=O) groups excluding carboxylic acids is 1. The molecule has 1 aliphatic heterocycles. The van der Waals surface area contributed by atoms with Gasteiger partial charge in [0, 0.05) is 17.3 Å². The fraction of sp³-hybridized carbons (Fsp3) is 0.188. The quantitative estimate of drug-likeness (QED) is 0.927. The van der Waals surface area contributed by atoms with Crippen molar-refractivity contribution in [1.29, 1.82) is 0 Å². The summed E-state index contributed by atoms with van der Waals surface area (Å²) in [7, 11) is 0. The number of fused-ring (bicyclic) bond motifs is 1. The van der Waals surface area contributed by atoms with Crippen molar-refractivity contribution in [2.75, 3.05) is 18.5 Å². The third-order valence-electron chi connectivity index (χ3n) is 3.21. The van der Waals surface area contributed by atoms with Crippen molar-refractivity contribution in [2.24, 2.45) is 0 Å². The Labute approximate surface area is 134 Å². The lowest BCUT2D eigenvalue weighted by atomic mass is 10.1. The van der Waals surface area contributed by atoms with E-state index >= 15 is 0 Å². The van der Waals surface area contributed by atoms with E-state index in [9.17, 15) is 18.0 Å². The van der Waals surface area contributed by atoms with E-state index in [1.54, 1.807) is 6.07 Å². The first-order valence-corrected chi connectivity index (χ1v) is 6.98. The lowest BCUT2D eigenvalue weighted by Crippen LogP contribution is -2.17. The van der Waals surface area contributed by atoms with Crippen molar-refractivity contribution in [2.45, 2.75) is 6.61 Å². The molecule has 0 fully saturated rings. The van der Waals surface area contributed by atoms with Gasteiger partial charge in [0.05, 0.1) is 0 Å². The number of benzene rings is 2. The highest BCUT2D eigenvalue weighted by molar-refractivity contribution is 6.04. The second-order valence-electron chi connectivity index (χ2n) is 4.84. The van der Waals surface area contributed by atoms with E-state index in [-0.39, 0.29) is 11.3 Å². The molecule has 0 radical (unpaired) electrons. The number of rotatable bonds is 4. The van der Waals surface area contributed by atoms with Crippen molar-refractivity contribution in [3.8, 4) is 17.2 Å². The van der Waals surface area contributed by atoms with Crippen molar-refractivity contribution < 1.29 is 32.2 Å². The summed E-state index contributed by atoms with van der Waals surface area (Å²) in [5.74, 6) is -1.12. The summed E-state index contributed by atoms with van der Waals surface area (Å²) in [6.07, 6.45) is 0. The molecular weight excluding hydrogens is 327 g/mol. The number of carbonyl (C=O) groups is 1. The van der Waals surface area contributed by atoms with Crippen LogP contribution in [-0.4, -0.2) is 25.7 Å². The van der Waals surface area contributed by atoms with E-state index in [1.807, 2.05) is 0 Å². The number of anilines is 1. The molecule has 2 aromatic carbocycles. The van der Waals surface area contributed by atoms with E-state index in [4.69, 9.17) is 9.47 Å². The molecule has 24 heavy (non-hydrogen) atoms. The second kappa shape index (κ2) is 6.69. The van der Waals surface area contributed by atoms with Crippen LogP contribution in [-0.2, 0) is 0 Å². The molecule has 126 valence electrons. The van der Waals surface area contributed by atoms with E-state index in [0.29, 0.717) is 24.7 Å². The van der Waals surface area contributed by atoms with Gasteiger partial charge < -0.3 is 19.5 Å². The highest BCUT2D eigenvalue weighted by atomic mass is 19.3. The summed E-state index contributed by atoms with van der Waals surface area (Å²) >= 11 is 0. The van der Waals surface area contributed by atoms with Crippen molar-refractivity contribution >= 4 is 11.6 Å². The van der Waals surface area contributed by atoms with Crippen LogP contribution in [0.4, 0.5) is 18.9 Å². The Kier molecular flexibility index (Phi) is 4.45. The fourth-order valence-corrected chi connectivity index (χ4v) is 2.16. The Hall–Kier alpha value is -2.90. The molecule has 0 aliphatic carbocycles. The Bertz CT molecular complexity index is 767. The minimum Gasteiger partial charge on any atom is -0.486 e. The van der Waals surface area contributed by atoms with Crippen molar-refractivity contribution in [3.05, 3.63) is 47.8 Å². The summed E-state index contributed by atoms with van der Waals surface area (Å²) in [6, 6.07) is 7.82. The van der Waals surface area contributed by atoms with Crippen LogP contribution in [0, 0.1) is 5.82 Å². The number of ether oxygens (including phenoxy) is 3. The third kappa shape index (κ3) is 3.53. The molecular formula is C16H12F3NO4. The predicted octanol–water partition coefficient (Wildman–Crippen LogP) is 3.45. The number of hydrogen-bond acceptors (Lipinski definition) is 4. The van der Waals surface area contributed by atoms with Gasteiger partial charge in [-0.05, 0) is 30.3 Å². The largest absolute Gasteiger partial charge is 0.486 e. The molecule has 0 bridgehead atoms. The average molecular weight is 339 g/mol. The van der Waals surface area contributed by atoms with Gasteiger partial charge in [0.25, 0.3) is 5.91 Å². The standard InChI is InChI=1S/C16H12F3NO4/c17-11-8-10(2-4-12(11)24-16(18)19)20-15(21)9-1-3-13-14(7-9)23-6-5-22-13/h1-4,7-8,16H,5-6H2,(H,20,21). The molecule has 0 aromatic heterocycles. The Morgan fingerprint density at radius 3 is 2.54 bits per heavy atom. The van der Waals surface area contributed by atoms with Crippen molar-refractivity contribution in [3.63, 3.8) is 0 Å². The van der Waals surface area contributed by atoms with Gasteiger partial charge in [0.1, 0.15) is 13.2 Å². The molecule has 3 rings (SSSR count). The van der Waals surface area contributed by atoms with Crippen LogP contribution in [0.25, 0.3) is 0 Å². The molecule has 0 saturated heterocycles. The first-order valence-electron chi connectivity index (χ1n) is 6.98. The van der Waals surface area contributed by atoms with E-state index < -0.39 is 24.1 Å². The topological polar surface area (TPSA) is 56.8 Å². The zero-order valence-electron chi connectivity index (χ0n) is 12.2. The average Bonchev–Trinajstić information content (AvgIpc) is 2.56. The molecule has 5 nitrogen and oxygen atoms in total. The maximum Gasteiger partial charge on any atom is 0.387 e. The van der Waals surface area contributed by atoms with Crippen LogP contribution in [0.1, 0.15) is 10.4 Å². The lowest BCUT2D eigenvalue weighted by Gasteiger charge is -2.18. The number of amides is 1. The number of nitrogens with one attached hydrogen (secondary N) is 1. The highest BCUT2D eigenvalue weighted by Gasteiger charge is 2.16. The zero-order chi connectivity index (χ0) is 17.1. The summed E-state index contributed by atoms with van der Waals surface area (Å²) in [5.41, 5.74) is 0.390. The molecule has 1 aliphatic rings. The molecule has 0 spiro atoms. The molecule has 2 aromatic rings. The molecule has 0 saturated carbocycles. The first-order chi connectivity index (χ1) is 11.5. The molecule has 1 heterocycles. The van der Waals surface area contributed by atoms with Crippen LogP contribution in [0.2, 0.25) is 0 Å². The van der Waals surface area contributed by atoms with Gasteiger partial charge in [0.2, 0.25) is 0 Å². The minimum absolute atomic E-state index is 0.106. The molecule has 8 heteroatoms. The highest BCUT2D eigenvalue weighted by Crippen LogP contribution is 2.31. The maximum atomic E-state index is 13.6. The molecule has 1 amide bonds. The first kappa shape index (κ1) is 16.0. The molecule has 0 atom stereocenters. The number of halogens is 3. The zero-order valence-corrected chi connectivity index (χ0v) is 12.2. The molecule has 0 unspecified atom stereocenters. The SMILES string of the molecule is O=C(Nc1ccc(OC(F)F)c(F)c1)c1ccc2c(c1)OCCO2. The van der Waals surface area contributed by atoms with Gasteiger partial charge in [0.15, 0.2) is 23.1 Å². The minimum atomic E-state index is -3.13. The fourth-order valence-electron chi connectivity index (χ4n) is 2.16. The lowest BCUT2D eigenvalue weighted by molar-refractivity contribution is -0.0521. The molecule has 1 N–H and O–H groups in total. The Morgan fingerprint density at radius 2 is 1.83 bits per heavy atom. The van der Waals surface area contributed by atoms with Gasteiger partial charge in [-0.3, -0.25) is 4.79 Å². The van der Waals surface area contributed by atoms with Gasteiger partial charge >= 0.3 is 6.61 Å². The van der Waals surface area contributed by atoms with Gasteiger partial charge in [-0.2, -0.15) is 8.78 Å². The predicted molar refractivity (Wildman–Crippen MR) is 78.4 cm³/mol. The smallest absolute Gasteiger partial charge is 0.387 e. The van der Waals surface area contributed by atoms with Crippen LogP contribution in [0.3, 0.4) is 0 Å². The van der Waals surface area contributed by atoms with Crippen LogP contribution < -0.4 is 19.5 Å². The normalized spacial score (nSPS) is 12.8. The number of alkyl halides is 2. The van der Waals surface area contributed by atoms with E-state index in [2.05, 4.69) is 10.1 Å². The van der Waals surface area contributed by atoms with Gasteiger partial charge in [-0.1, -0.05) is 0 Å². The van der Waals surface area contributed by atoms with Gasteiger partial charge in [-0.15, -0.1) is 0 Å². The van der Waals surface area contributed by atoms with E-state index in [0.717, 1.165) is 12.1 Å². The number of hydrogen-bond donors (Lipinski definition) is 1. The van der Waals surface area contributed by atoms with Crippen molar-refractivity contribution in [1.82, 2.24) is 0 Å². The summed E-state index contributed by atoms with van der Waals surface area (Å²) in [4.78, 5) is 12.2. The van der Waals surface area contributed by atoms with Crippen LogP contribution in [0.5, 0.6) is 17.2 Å². The van der Waals surface area contributed by atoms with E-state index in [1.165, 1.54) is 18.2 Å². The Morgan fingerprint density at radius 1 is 1.08 bits per heavy atom. The summed E-state index contributed by atoms with van der Waals surface area (Å²) in [6.45, 7) is -2.31. The maximum absolute atomic E-state index is 13.6. The Balaban J connectivity index is 1.74. The summed E-state index contributed by atoms with van der Waals surface area (Å²) < 4.78 is 52.6. The van der Waals surface area contributed by atoms with Crippen LogP contribution in [0.15, 0.2) is 36.4 Å². The van der Waals surface area contributed by atoms with Crippen LogP contribution >= 0.6 is 0 Å². The third-order valence-corrected chi connectivity index (χ3v) is 3.21. The monoisotopic (exact) mass is 339 g/mol.